The smallest absolute Gasteiger partial charge is 0.343 e. The third-order valence-corrected chi connectivity index (χ3v) is 2.64. The summed E-state index contributed by atoms with van der Waals surface area (Å²) in [4.78, 5) is 31.2. The van der Waals surface area contributed by atoms with Crippen LogP contribution in [-0.4, -0.2) is 15.8 Å². The average Bonchev–Trinajstić information content (AvgIpc) is 2.49. The molecule has 2 rings (SSSR count). The van der Waals surface area contributed by atoms with Crippen LogP contribution in [-0.2, 0) is 0 Å². The number of hydrogen-bond donors (Lipinski definition) is 0. The maximum Gasteiger partial charge on any atom is 0.343 e. The Labute approximate surface area is 122 Å². The van der Waals surface area contributed by atoms with Crippen molar-refractivity contribution in [1.82, 2.24) is 0 Å². The van der Waals surface area contributed by atoms with E-state index in [9.17, 15) is 30.1 Å². The number of ether oxygens (including phenoxy) is 1. The summed E-state index contributed by atoms with van der Waals surface area (Å²) in [5.41, 5.74) is -1.92. The van der Waals surface area contributed by atoms with E-state index in [4.69, 9.17) is 4.74 Å². The lowest BCUT2D eigenvalue weighted by molar-refractivity contribution is -0.416. The highest BCUT2D eigenvalue weighted by atomic mass is 16.6. The minimum atomic E-state index is -1.35. The van der Waals surface area contributed by atoms with Gasteiger partial charge in [-0.05, 0) is 12.1 Å². The van der Waals surface area contributed by atoms with Crippen molar-refractivity contribution in [3.63, 3.8) is 0 Å². The lowest BCUT2D eigenvalue weighted by Gasteiger charge is -2.10. The van der Waals surface area contributed by atoms with Gasteiger partial charge in [0.2, 0.25) is 0 Å². The van der Waals surface area contributed by atoms with Gasteiger partial charge in [0.05, 0.1) is 33.3 Å². The van der Waals surface area contributed by atoms with E-state index in [1.807, 2.05) is 0 Å². The summed E-state index contributed by atoms with van der Waals surface area (Å²) >= 11 is 0. The molecule has 0 heterocycles. The van der Waals surface area contributed by atoms with E-state index in [-0.39, 0.29) is 5.56 Å². The van der Waals surface area contributed by atoms with E-state index in [0.717, 1.165) is 0 Å². The fourth-order valence-corrected chi connectivity index (χ4v) is 1.64. The van der Waals surface area contributed by atoms with Gasteiger partial charge in [-0.25, -0.2) is 4.79 Å². The number of hydrogen-bond acceptors (Lipinski definition) is 7. The second-order valence-corrected chi connectivity index (χ2v) is 4.06. The fraction of sp³-hybridized carbons (Fsp3) is 0. The molecule has 2 aromatic carbocycles. The quantitative estimate of drug-likeness (QED) is 0.363. The molecule has 0 N–H and O–H groups in total. The summed E-state index contributed by atoms with van der Waals surface area (Å²) in [6, 6.07) is 9.04. The number of esters is 1. The van der Waals surface area contributed by atoms with Gasteiger partial charge in [-0.3, -0.25) is 20.2 Å². The molecule has 0 bridgehead atoms. The van der Waals surface area contributed by atoms with Crippen molar-refractivity contribution < 1.29 is 24.5 Å². The van der Waals surface area contributed by atoms with Crippen LogP contribution in [0.5, 0.6) is 11.5 Å². The Kier molecular flexibility index (Phi) is 3.98. The molecule has 0 saturated carbocycles. The van der Waals surface area contributed by atoms with Crippen molar-refractivity contribution in [2.45, 2.75) is 0 Å². The minimum absolute atomic E-state index is 0.152. The Morgan fingerprint density at radius 2 is 1.45 bits per heavy atom. The fourth-order valence-electron chi connectivity index (χ4n) is 1.64. The molecule has 0 fully saturated rings. The maximum absolute atomic E-state index is 11.8. The van der Waals surface area contributed by atoms with Gasteiger partial charge in [-0.1, -0.05) is 18.2 Å². The van der Waals surface area contributed by atoms with Crippen LogP contribution in [0.3, 0.4) is 0 Å². The molecular formula is C13H7N2O7-. The number of nitro benzene ring substituents is 2. The molecule has 0 aliphatic rings. The Morgan fingerprint density at radius 3 is 1.91 bits per heavy atom. The Bertz CT molecular complexity index is 723. The molecule has 0 aromatic heterocycles. The first-order chi connectivity index (χ1) is 10.4. The topological polar surface area (TPSA) is 136 Å². The third kappa shape index (κ3) is 2.98. The number of nitro groups is 2. The van der Waals surface area contributed by atoms with Gasteiger partial charge in [0.1, 0.15) is 5.75 Å². The second kappa shape index (κ2) is 5.87. The van der Waals surface area contributed by atoms with Crippen molar-refractivity contribution in [3.05, 3.63) is 68.3 Å². The van der Waals surface area contributed by atoms with Gasteiger partial charge in [0.15, 0.2) is 0 Å². The molecule has 0 atom stereocenters. The van der Waals surface area contributed by atoms with Crippen LogP contribution in [0.15, 0.2) is 42.5 Å². The first-order valence-corrected chi connectivity index (χ1v) is 5.81. The summed E-state index contributed by atoms with van der Waals surface area (Å²) in [5, 5.41) is 33.0. The molecular weight excluding hydrogens is 296 g/mol. The second-order valence-electron chi connectivity index (χ2n) is 4.06. The Balaban J connectivity index is 2.41. The van der Waals surface area contributed by atoms with Gasteiger partial charge < -0.3 is 9.84 Å². The Morgan fingerprint density at radius 1 is 0.955 bits per heavy atom. The van der Waals surface area contributed by atoms with Gasteiger partial charge in [0, 0.05) is 0 Å². The first kappa shape index (κ1) is 14.9. The zero-order valence-electron chi connectivity index (χ0n) is 10.8. The monoisotopic (exact) mass is 303 g/mol. The molecule has 0 saturated heterocycles. The summed E-state index contributed by atoms with van der Waals surface area (Å²) < 4.78 is 4.85. The van der Waals surface area contributed by atoms with Crippen LogP contribution in [0.25, 0.3) is 0 Å². The summed E-state index contributed by atoms with van der Waals surface area (Å²) in [6.45, 7) is 0. The Hall–Kier alpha value is -3.49. The normalized spacial score (nSPS) is 10.0. The molecule has 0 aliphatic heterocycles. The minimum Gasteiger partial charge on any atom is -0.863 e. The van der Waals surface area contributed by atoms with E-state index in [1.54, 1.807) is 18.2 Å². The molecule has 22 heavy (non-hydrogen) atoms. The van der Waals surface area contributed by atoms with Crippen LogP contribution in [0, 0.1) is 20.2 Å². The van der Waals surface area contributed by atoms with E-state index < -0.39 is 38.7 Å². The summed E-state index contributed by atoms with van der Waals surface area (Å²) in [6.07, 6.45) is 0. The van der Waals surface area contributed by atoms with Crippen molar-refractivity contribution in [2.24, 2.45) is 0 Å². The maximum atomic E-state index is 11.8. The molecule has 0 amide bonds. The van der Waals surface area contributed by atoms with Gasteiger partial charge in [-0.15, -0.1) is 0 Å². The summed E-state index contributed by atoms with van der Waals surface area (Å²) in [7, 11) is 0. The molecule has 112 valence electrons. The molecule has 2 aromatic rings. The van der Waals surface area contributed by atoms with Gasteiger partial charge in [-0.2, -0.15) is 0 Å². The van der Waals surface area contributed by atoms with Gasteiger partial charge in [0.25, 0.3) is 11.4 Å². The van der Waals surface area contributed by atoms with E-state index in [0.29, 0.717) is 12.1 Å². The molecule has 9 heteroatoms. The lowest BCUT2D eigenvalue weighted by atomic mass is 10.2. The number of carbonyl (C=O) groups excluding carboxylic acids is 1. The SMILES string of the molecule is O=C(Oc1cc([N+](=O)[O-])c([O-])c([N+](=O)[O-])c1)c1ccccc1. The van der Waals surface area contributed by atoms with E-state index in [2.05, 4.69) is 0 Å². The van der Waals surface area contributed by atoms with Crippen molar-refractivity contribution in [3.8, 4) is 11.5 Å². The third-order valence-electron chi connectivity index (χ3n) is 2.64. The largest absolute Gasteiger partial charge is 0.863 e. The number of rotatable bonds is 4. The standard InChI is InChI=1S/C13H8N2O7/c16-12-10(14(18)19)6-9(7-11(12)15(20)21)22-13(17)8-4-2-1-3-5-8/h1-7,16H/p-1. The van der Waals surface area contributed by atoms with Crippen LogP contribution in [0.4, 0.5) is 11.4 Å². The van der Waals surface area contributed by atoms with E-state index in [1.165, 1.54) is 12.1 Å². The number of carbonyl (C=O) groups is 1. The zero-order chi connectivity index (χ0) is 16.3. The predicted molar refractivity (Wildman–Crippen MR) is 70.6 cm³/mol. The van der Waals surface area contributed by atoms with Gasteiger partial charge >= 0.3 is 5.97 Å². The van der Waals surface area contributed by atoms with Crippen LogP contribution < -0.4 is 9.84 Å². The lowest BCUT2D eigenvalue weighted by Crippen LogP contribution is -2.10. The average molecular weight is 303 g/mol. The highest BCUT2D eigenvalue weighted by Gasteiger charge is 2.22. The highest BCUT2D eigenvalue weighted by Crippen LogP contribution is 2.37. The summed E-state index contributed by atoms with van der Waals surface area (Å²) in [5.74, 6) is -2.66. The van der Waals surface area contributed by atoms with Crippen LogP contribution >= 0.6 is 0 Å². The number of nitrogens with zero attached hydrogens (tertiary/aromatic N) is 2. The van der Waals surface area contributed by atoms with Crippen molar-refractivity contribution in [1.29, 1.82) is 0 Å². The van der Waals surface area contributed by atoms with Crippen LogP contribution in [0.1, 0.15) is 10.4 Å². The molecule has 0 aliphatic carbocycles. The van der Waals surface area contributed by atoms with Crippen molar-refractivity contribution in [2.75, 3.05) is 0 Å². The molecule has 9 nitrogen and oxygen atoms in total. The van der Waals surface area contributed by atoms with Crippen LogP contribution in [0.2, 0.25) is 0 Å². The van der Waals surface area contributed by atoms with Crippen molar-refractivity contribution >= 4 is 17.3 Å². The predicted octanol–water partition coefficient (Wildman–Crippen LogP) is 1.80. The molecule has 0 unspecified atom stereocenters. The first-order valence-electron chi connectivity index (χ1n) is 5.81. The van der Waals surface area contributed by atoms with E-state index >= 15 is 0 Å². The molecule has 0 radical (unpaired) electrons. The number of benzene rings is 2. The molecule has 0 spiro atoms. The highest BCUT2D eigenvalue weighted by molar-refractivity contribution is 5.91. The zero-order valence-corrected chi connectivity index (χ0v) is 10.8.